The van der Waals surface area contributed by atoms with Crippen LogP contribution in [0.15, 0.2) is 92.0 Å². The molecule has 3 aromatic carbocycles. The number of aliphatic hydroxyl groups excluding tert-OH is 1. The van der Waals surface area contributed by atoms with Gasteiger partial charge in [-0.05, 0) is 73.4 Å². The summed E-state index contributed by atoms with van der Waals surface area (Å²) in [6, 6.07) is 20.7. The normalized spacial score (nSPS) is 25.1. The van der Waals surface area contributed by atoms with E-state index < -0.39 is 22.6 Å². The monoisotopic (exact) mass is 759 g/mol. The molecule has 0 saturated carbocycles. The number of unbranched alkanes of at least 4 members (excludes halogenated alkanes) is 3. The first kappa shape index (κ1) is 36.2. The molecule has 50 heavy (non-hydrogen) atoms. The summed E-state index contributed by atoms with van der Waals surface area (Å²) in [6.45, 7) is 11.5. The van der Waals surface area contributed by atoms with Gasteiger partial charge in [0.05, 0.1) is 23.2 Å². The molecular formula is C40H46BrN3O5S. The minimum absolute atomic E-state index is 0.0512. The lowest BCUT2D eigenvalue weighted by molar-refractivity contribution is -0.139. The number of likely N-dealkylation sites (tertiary alicyclic amines) is 1. The summed E-state index contributed by atoms with van der Waals surface area (Å²) in [7, 11) is 0. The average Bonchev–Trinajstić information content (AvgIpc) is 3.72. The van der Waals surface area contributed by atoms with E-state index in [0.29, 0.717) is 38.1 Å². The van der Waals surface area contributed by atoms with Gasteiger partial charge in [0.25, 0.3) is 5.91 Å². The first-order valence-electron chi connectivity index (χ1n) is 17.6. The molecule has 0 aliphatic carbocycles. The Morgan fingerprint density at radius 3 is 2.30 bits per heavy atom. The van der Waals surface area contributed by atoms with Crippen molar-refractivity contribution in [3.05, 3.63) is 92.0 Å². The Kier molecular flexibility index (Phi) is 11.4. The van der Waals surface area contributed by atoms with Crippen LogP contribution in [0, 0.1) is 11.8 Å². The van der Waals surface area contributed by atoms with Crippen LogP contribution in [0.2, 0.25) is 0 Å². The highest BCUT2D eigenvalue weighted by Crippen LogP contribution is 2.68. The van der Waals surface area contributed by atoms with E-state index in [4.69, 9.17) is 4.74 Å². The van der Waals surface area contributed by atoms with Gasteiger partial charge in [-0.2, -0.15) is 0 Å². The van der Waals surface area contributed by atoms with Crippen molar-refractivity contribution in [1.82, 2.24) is 4.90 Å². The Balaban J connectivity index is 1.38. The summed E-state index contributed by atoms with van der Waals surface area (Å²) in [5.74, 6) is -0.968. The van der Waals surface area contributed by atoms with Crippen molar-refractivity contribution in [3.8, 4) is 5.75 Å². The minimum Gasteiger partial charge on any atom is -0.494 e. The quantitative estimate of drug-likeness (QED) is 0.0963. The third-order valence-corrected chi connectivity index (χ3v) is 13.5. The van der Waals surface area contributed by atoms with Crippen molar-refractivity contribution >= 4 is 67.6 Å². The summed E-state index contributed by atoms with van der Waals surface area (Å²) >= 11 is 5.57. The summed E-state index contributed by atoms with van der Waals surface area (Å²) < 4.78 is 4.85. The second-order valence-electron chi connectivity index (χ2n) is 13.3. The van der Waals surface area contributed by atoms with Gasteiger partial charge in [-0.25, -0.2) is 0 Å². The van der Waals surface area contributed by atoms with Crippen LogP contribution in [0.4, 0.5) is 11.4 Å². The number of ether oxygens (including phenoxy) is 1. The zero-order chi connectivity index (χ0) is 35.4. The molecule has 8 nitrogen and oxygen atoms in total. The van der Waals surface area contributed by atoms with E-state index >= 15 is 4.79 Å². The van der Waals surface area contributed by atoms with Crippen molar-refractivity contribution in [2.45, 2.75) is 59.9 Å². The number of thioether (sulfide) groups is 1. The number of nitrogens with zero attached hydrogens (tertiary/aromatic N) is 3. The molecule has 2 bridgehead atoms. The first-order chi connectivity index (χ1) is 24.3. The van der Waals surface area contributed by atoms with E-state index in [0.717, 1.165) is 35.1 Å². The van der Waals surface area contributed by atoms with Crippen molar-refractivity contribution in [1.29, 1.82) is 0 Å². The van der Waals surface area contributed by atoms with Crippen LogP contribution in [0.5, 0.6) is 5.75 Å². The maximum Gasteiger partial charge on any atom is 0.251 e. The van der Waals surface area contributed by atoms with Crippen LogP contribution in [0.25, 0.3) is 10.8 Å². The minimum atomic E-state index is -0.784. The Morgan fingerprint density at radius 2 is 1.62 bits per heavy atom. The largest absolute Gasteiger partial charge is 0.494 e. The maximum absolute atomic E-state index is 15.1. The van der Waals surface area contributed by atoms with E-state index in [-0.39, 0.29) is 47.5 Å². The van der Waals surface area contributed by atoms with Crippen LogP contribution in [0.3, 0.4) is 0 Å². The number of anilines is 2. The molecule has 3 unspecified atom stereocenters. The first-order valence-corrected chi connectivity index (χ1v) is 19.4. The van der Waals surface area contributed by atoms with Crippen LogP contribution in [0.1, 0.15) is 39.0 Å². The van der Waals surface area contributed by atoms with Gasteiger partial charge in [-0.3, -0.25) is 14.4 Å². The summed E-state index contributed by atoms with van der Waals surface area (Å²) in [5.41, 5.74) is 1.45. The van der Waals surface area contributed by atoms with Gasteiger partial charge >= 0.3 is 0 Å². The lowest BCUT2D eigenvalue weighted by Crippen LogP contribution is -2.56. The highest BCUT2D eigenvalue weighted by atomic mass is 79.9. The lowest BCUT2D eigenvalue weighted by atomic mass is 9.70. The van der Waals surface area contributed by atoms with E-state index in [1.807, 2.05) is 73.7 Å². The molecule has 3 aromatic rings. The third kappa shape index (κ3) is 6.62. The number of hydrogen-bond donors (Lipinski definition) is 1. The van der Waals surface area contributed by atoms with Gasteiger partial charge in [0.2, 0.25) is 11.8 Å². The number of amides is 3. The molecule has 3 fully saturated rings. The second kappa shape index (κ2) is 15.7. The molecule has 3 amide bonds. The molecule has 3 aliphatic rings. The predicted molar refractivity (Wildman–Crippen MR) is 206 cm³/mol. The van der Waals surface area contributed by atoms with E-state index in [9.17, 15) is 14.7 Å². The number of alkyl halides is 1. The Bertz CT molecular complexity index is 1740. The van der Waals surface area contributed by atoms with E-state index in [1.165, 1.54) is 0 Å². The topological polar surface area (TPSA) is 90.4 Å². The number of carbonyl (C=O) groups excluding carboxylic acids is 3. The standard InChI is InChI=1S/C40H46BrN3O5S/c1-4-21-42(29-17-19-31(20-18-29)49-6-3)37(46)33-34-38(47)44(23-11-7-8-12-24-45)36(40(34)26-32(41)35(33)50-40)39(48)43(22-5-2)30-16-15-27-13-9-10-14-28(27)25-30/h4-5,9-10,13-20,25,32-36,45H,1-2,6-8,11-12,21-24,26H2,3H3/t32?,33-,34+,35-,36?,40?/m1/s1. The number of benzene rings is 3. The second-order valence-corrected chi connectivity index (χ2v) is 16.0. The molecule has 6 atom stereocenters. The Hall–Kier alpha value is -3.60. The molecule has 0 aromatic heterocycles. The third-order valence-electron chi connectivity index (χ3n) is 10.3. The van der Waals surface area contributed by atoms with Gasteiger partial charge in [-0.1, -0.05) is 71.3 Å². The molecule has 1 N–H and O–H groups in total. The van der Waals surface area contributed by atoms with Gasteiger partial charge in [0.15, 0.2) is 0 Å². The average molecular weight is 761 g/mol. The molecule has 3 saturated heterocycles. The van der Waals surface area contributed by atoms with Crippen LogP contribution in [-0.4, -0.2) is 81.4 Å². The van der Waals surface area contributed by atoms with Crippen molar-refractivity contribution < 1.29 is 24.2 Å². The molecule has 264 valence electrons. The van der Waals surface area contributed by atoms with Crippen molar-refractivity contribution in [2.75, 3.05) is 42.6 Å². The summed E-state index contributed by atoms with van der Waals surface area (Å²) in [5, 5.41) is 11.2. The Morgan fingerprint density at radius 1 is 0.960 bits per heavy atom. The SMILES string of the molecule is C=CCN(C(=O)C1N(CCCCCCO)C(=O)[C@@H]2[C@@H](C(=O)N(CC=C)c3ccc(OCC)cc3)[C@@H]3SC12CC3Br)c1ccc2ccccc2c1. The van der Waals surface area contributed by atoms with E-state index in [2.05, 4.69) is 29.1 Å². The predicted octanol–water partition coefficient (Wildman–Crippen LogP) is 6.99. The fourth-order valence-electron chi connectivity index (χ4n) is 8.14. The zero-order valence-corrected chi connectivity index (χ0v) is 31.0. The number of fused-ring (bicyclic) bond motifs is 2. The number of carbonyl (C=O) groups is 3. The molecule has 1 spiro atoms. The van der Waals surface area contributed by atoms with Gasteiger partial charge in [0, 0.05) is 47.7 Å². The molecule has 0 radical (unpaired) electrons. The number of rotatable bonds is 16. The van der Waals surface area contributed by atoms with Crippen LogP contribution < -0.4 is 14.5 Å². The molecular weight excluding hydrogens is 714 g/mol. The molecule has 10 heteroatoms. The maximum atomic E-state index is 15.1. The molecule has 3 heterocycles. The van der Waals surface area contributed by atoms with Gasteiger partial charge < -0.3 is 24.5 Å². The lowest BCUT2D eigenvalue weighted by Gasteiger charge is -2.38. The number of aliphatic hydroxyl groups is 1. The highest BCUT2D eigenvalue weighted by Gasteiger charge is 2.76. The van der Waals surface area contributed by atoms with Crippen LogP contribution >= 0.6 is 27.7 Å². The number of halogens is 1. The van der Waals surface area contributed by atoms with Crippen molar-refractivity contribution in [2.24, 2.45) is 11.8 Å². The van der Waals surface area contributed by atoms with E-state index in [1.54, 1.807) is 38.6 Å². The number of hydrogen-bond acceptors (Lipinski definition) is 6. The fourth-order valence-corrected chi connectivity index (χ4v) is 11.7. The smallest absolute Gasteiger partial charge is 0.251 e. The summed E-state index contributed by atoms with van der Waals surface area (Å²) in [4.78, 5) is 49.9. The fraction of sp³-hybridized carbons (Fsp3) is 0.425. The summed E-state index contributed by atoms with van der Waals surface area (Å²) in [6.07, 6.45) is 7.09. The highest BCUT2D eigenvalue weighted by molar-refractivity contribution is 9.09. The van der Waals surface area contributed by atoms with Crippen molar-refractivity contribution in [3.63, 3.8) is 0 Å². The zero-order valence-electron chi connectivity index (χ0n) is 28.6. The van der Waals surface area contributed by atoms with Crippen LogP contribution in [-0.2, 0) is 14.4 Å². The molecule has 3 aliphatic heterocycles. The van der Waals surface area contributed by atoms with Gasteiger partial charge in [0.1, 0.15) is 11.8 Å². The Labute approximate surface area is 307 Å². The molecule has 6 rings (SSSR count). The van der Waals surface area contributed by atoms with Gasteiger partial charge in [-0.15, -0.1) is 24.9 Å².